The number of carbonyl (C=O) groups excluding carboxylic acids is 1. The Bertz CT molecular complexity index is 656. The van der Waals surface area contributed by atoms with Crippen LogP contribution >= 0.6 is 11.3 Å². The number of hydrogen-bond donors (Lipinski definition) is 2. The quantitative estimate of drug-likeness (QED) is 0.815. The average molecular weight is 340 g/mol. The molecule has 1 aromatic heterocycles. The smallest absolute Gasteiger partial charge is 0.220 e. The van der Waals surface area contributed by atoms with E-state index < -0.39 is 23.3 Å². The number of rotatable bonds is 7. The average Bonchev–Trinajstić information content (AvgIpc) is 2.90. The Hall–Kier alpha value is -1.86. The minimum atomic E-state index is -1.42. The van der Waals surface area contributed by atoms with E-state index in [1.807, 2.05) is 12.3 Å². The zero-order chi connectivity index (χ0) is 16.8. The Morgan fingerprint density at radius 2 is 2.09 bits per heavy atom. The van der Waals surface area contributed by atoms with Crippen molar-refractivity contribution >= 4 is 17.2 Å². The largest absolute Gasteiger partial charge is 0.386 e. The zero-order valence-electron chi connectivity index (χ0n) is 12.7. The van der Waals surface area contributed by atoms with E-state index in [1.165, 1.54) is 6.07 Å². The van der Waals surface area contributed by atoms with Gasteiger partial charge in [0.15, 0.2) is 0 Å². The number of aliphatic hydroxyl groups is 1. The molecule has 124 valence electrons. The van der Waals surface area contributed by atoms with Crippen LogP contribution in [0.2, 0.25) is 0 Å². The highest BCUT2D eigenvalue weighted by atomic mass is 32.1. The van der Waals surface area contributed by atoms with Crippen molar-refractivity contribution in [2.75, 3.05) is 6.54 Å². The van der Waals surface area contributed by atoms with Crippen LogP contribution in [0.25, 0.3) is 0 Å². The van der Waals surface area contributed by atoms with Crippen molar-refractivity contribution in [3.05, 3.63) is 51.5 Å². The lowest BCUT2D eigenvalue weighted by Gasteiger charge is -2.13. The van der Waals surface area contributed by atoms with Gasteiger partial charge in [-0.2, -0.15) is 0 Å². The Morgan fingerprint density at radius 3 is 2.70 bits per heavy atom. The van der Waals surface area contributed by atoms with Gasteiger partial charge in [0.1, 0.15) is 17.7 Å². The number of hydrogen-bond acceptors (Lipinski definition) is 4. The first-order valence-electron chi connectivity index (χ1n) is 7.27. The Labute approximate surface area is 137 Å². The standard InChI is InChI=1S/C16H18F2N2O2S/c1-10-20-11(9-23-10)4-2-7-15(22)19-8-14(21)16-12(17)5-3-6-13(16)18/h3,5-6,9,14,21H,2,4,7-8H2,1H3,(H,19,22). The van der Waals surface area contributed by atoms with Gasteiger partial charge in [-0.3, -0.25) is 4.79 Å². The van der Waals surface area contributed by atoms with E-state index >= 15 is 0 Å². The number of aromatic nitrogens is 1. The number of amides is 1. The highest BCUT2D eigenvalue weighted by Crippen LogP contribution is 2.20. The molecule has 1 heterocycles. The van der Waals surface area contributed by atoms with Gasteiger partial charge in [0, 0.05) is 18.3 Å². The van der Waals surface area contributed by atoms with Gasteiger partial charge in [-0.25, -0.2) is 13.8 Å². The van der Waals surface area contributed by atoms with Crippen LogP contribution in [0.15, 0.2) is 23.6 Å². The second-order valence-corrected chi connectivity index (χ2v) is 6.23. The maximum absolute atomic E-state index is 13.5. The van der Waals surface area contributed by atoms with Crippen LogP contribution in [0, 0.1) is 18.6 Å². The molecule has 2 rings (SSSR count). The minimum absolute atomic E-state index is 0.230. The van der Waals surface area contributed by atoms with E-state index in [1.54, 1.807) is 11.3 Å². The topological polar surface area (TPSA) is 62.2 Å². The third-order valence-electron chi connectivity index (χ3n) is 3.33. The van der Waals surface area contributed by atoms with Crippen LogP contribution in [0.3, 0.4) is 0 Å². The van der Waals surface area contributed by atoms with Crippen LogP contribution in [0.4, 0.5) is 8.78 Å². The van der Waals surface area contributed by atoms with Crippen molar-refractivity contribution in [2.24, 2.45) is 0 Å². The van der Waals surface area contributed by atoms with Crippen molar-refractivity contribution in [2.45, 2.75) is 32.3 Å². The lowest BCUT2D eigenvalue weighted by atomic mass is 10.1. The first-order valence-corrected chi connectivity index (χ1v) is 8.15. The fraction of sp³-hybridized carbons (Fsp3) is 0.375. The van der Waals surface area contributed by atoms with Gasteiger partial charge in [0.25, 0.3) is 0 Å². The number of aryl methyl sites for hydroxylation is 2. The van der Waals surface area contributed by atoms with Crippen LogP contribution in [0.1, 0.15) is 35.2 Å². The molecule has 0 aliphatic heterocycles. The molecule has 0 fully saturated rings. The highest BCUT2D eigenvalue weighted by molar-refractivity contribution is 7.09. The van der Waals surface area contributed by atoms with Crippen molar-refractivity contribution < 1.29 is 18.7 Å². The number of carbonyl (C=O) groups is 1. The van der Waals surface area contributed by atoms with E-state index in [4.69, 9.17) is 0 Å². The number of thiazole rings is 1. The predicted molar refractivity (Wildman–Crippen MR) is 84.1 cm³/mol. The molecule has 0 spiro atoms. The summed E-state index contributed by atoms with van der Waals surface area (Å²) in [6.07, 6.45) is 0.172. The van der Waals surface area contributed by atoms with Crippen molar-refractivity contribution in [1.29, 1.82) is 0 Å². The van der Waals surface area contributed by atoms with Gasteiger partial charge in [0.05, 0.1) is 16.3 Å². The highest BCUT2D eigenvalue weighted by Gasteiger charge is 2.18. The number of halogens is 2. The van der Waals surface area contributed by atoms with E-state index in [9.17, 15) is 18.7 Å². The maximum Gasteiger partial charge on any atom is 0.220 e. The molecule has 23 heavy (non-hydrogen) atoms. The molecule has 0 aliphatic carbocycles. The molecule has 2 N–H and O–H groups in total. The van der Waals surface area contributed by atoms with Crippen LogP contribution < -0.4 is 5.32 Å². The normalized spacial score (nSPS) is 12.2. The zero-order valence-corrected chi connectivity index (χ0v) is 13.5. The van der Waals surface area contributed by atoms with E-state index in [-0.39, 0.29) is 18.9 Å². The van der Waals surface area contributed by atoms with Gasteiger partial charge < -0.3 is 10.4 Å². The van der Waals surface area contributed by atoms with Gasteiger partial charge in [-0.1, -0.05) is 6.07 Å². The molecule has 1 amide bonds. The number of aliphatic hydroxyl groups excluding tert-OH is 1. The van der Waals surface area contributed by atoms with E-state index in [0.29, 0.717) is 12.8 Å². The lowest BCUT2D eigenvalue weighted by Crippen LogP contribution is -2.29. The molecule has 2 aromatic rings. The molecule has 0 saturated heterocycles. The van der Waals surface area contributed by atoms with Crippen LogP contribution in [0.5, 0.6) is 0 Å². The fourth-order valence-electron chi connectivity index (χ4n) is 2.18. The molecule has 7 heteroatoms. The van der Waals surface area contributed by atoms with Crippen molar-refractivity contribution in [3.63, 3.8) is 0 Å². The summed E-state index contributed by atoms with van der Waals surface area (Å²) >= 11 is 1.56. The number of nitrogens with zero attached hydrogens (tertiary/aromatic N) is 1. The van der Waals surface area contributed by atoms with Gasteiger partial charge in [0.2, 0.25) is 5.91 Å². The van der Waals surface area contributed by atoms with Gasteiger partial charge in [-0.05, 0) is 31.9 Å². The van der Waals surface area contributed by atoms with Crippen molar-refractivity contribution in [3.8, 4) is 0 Å². The first kappa shape index (κ1) is 17.5. The molecule has 0 radical (unpaired) electrons. The summed E-state index contributed by atoms with van der Waals surface area (Å²) in [7, 11) is 0. The third kappa shape index (κ3) is 5.07. The molecule has 0 aliphatic rings. The summed E-state index contributed by atoms with van der Waals surface area (Å²) in [6.45, 7) is 1.69. The van der Waals surface area contributed by atoms with Gasteiger partial charge >= 0.3 is 0 Å². The molecular weight excluding hydrogens is 322 g/mol. The molecule has 0 saturated carbocycles. The summed E-state index contributed by atoms with van der Waals surface area (Å²) in [5, 5.41) is 15.3. The number of benzene rings is 1. The fourth-order valence-corrected chi connectivity index (χ4v) is 2.83. The molecular formula is C16H18F2N2O2S. The van der Waals surface area contributed by atoms with Crippen LogP contribution in [-0.4, -0.2) is 22.5 Å². The lowest BCUT2D eigenvalue weighted by molar-refractivity contribution is -0.121. The summed E-state index contributed by atoms with van der Waals surface area (Å²) in [6, 6.07) is 3.36. The Morgan fingerprint density at radius 1 is 1.39 bits per heavy atom. The van der Waals surface area contributed by atoms with Gasteiger partial charge in [-0.15, -0.1) is 11.3 Å². The maximum atomic E-state index is 13.5. The molecule has 1 aromatic carbocycles. The monoisotopic (exact) mass is 340 g/mol. The summed E-state index contributed by atoms with van der Waals surface area (Å²) < 4.78 is 27.0. The van der Waals surface area contributed by atoms with E-state index in [2.05, 4.69) is 10.3 Å². The Kier molecular flexibility index (Phi) is 6.18. The second kappa shape index (κ2) is 8.12. The third-order valence-corrected chi connectivity index (χ3v) is 4.15. The predicted octanol–water partition coefficient (Wildman–Crippen LogP) is 2.90. The van der Waals surface area contributed by atoms with E-state index in [0.717, 1.165) is 22.8 Å². The molecule has 1 unspecified atom stereocenters. The van der Waals surface area contributed by atoms with Crippen LogP contribution in [-0.2, 0) is 11.2 Å². The Balaban J connectivity index is 1.75. The summed E-state index contributed by atoms with van der Waals surface area (Å²) in [5.74, 6) is -1.93. The summed E-state index contributed by atoms with van der Waals surface area (Å²) in [4.78, 5) is 16.0. The minimum Gasteiger partial charge on any atom is -0.386 e. The molecule has 4 nitrogen and oxygen atoms in total. The second-order valence-electron chi connectivity index (χ2n) is 5.17. The number of nitrogens with one attached hydrogen (secondary N) is 1. The molecule has 1 atom stereocenters. The molecule has 0 bridgehead atoms. The SMILES string of the molecule is Cc1nc(CCCC(=O)NCC(O)c2c(F)cccc2F)cs1. The van der Waals surface area contributed by atoms with Crippen molar-refractivity contribution in [1.82, 2.24) is 10.3 Å². The summed E-state index contributed by atoms with van der Waals surface area (Å²) in [5.41, 5.74) is 0.527. The first-order chi connectivity index (χ1) is 11.0.